The largest absolute Gasteiger partial charge is 0.497 e. The number of carbonyl (C=O) groups excluding carboxylic acids is 1. The van der Waals surface area contributed by atoms with Crippen LogP contribution in [0, 0.1) is 3.57 Å². The zero-order valence-electron chi connectivity index (χ0n) is 14.3. The summed E-state index contributed by atoms with van der Waals surface area (Å²) in [6.45, 7) is 1.94. The van der Waals surface area contributed by atoms with Gasteiger partial charge in [-0.15, -0.1) is 0 Å². The molecule has 1 amide bonds. The lowest BCUT2D eigenvalue weighted by Gasteiger charge is -2.26. The van der Waals surface area contributed by atoms with E-state index in [1.165, 1.54) is 0 Å². The van der Waals surface area contributed by atoms with Gasteiger partial charge in [0.25, 0.3) is 5.91 Å². The summed E-state index contributed by atoms with van der Waals surface area (Å²) in [6.07, 6.45) is 2.20. The monoisotopic (exact) mass is 451 g/mol. The summed E-state index contributed by atoms with van der Waals surface area (Å²) in [4.78, 5) is 15.0. The average Bonchev–Trinajstić information content (AvgIpc) is 3.14. The Hall–Kier alpha value is -1.60. The maximum Gasteiger partial charge on any atom is 0.254 e. The fourth-order valence-electron chi connectivity index (χ4n) is 3.05. The number of hydrogen-bond acceptors (Lipinski definition) is 3. The first-order chi connectivity index (χ1) is 12.2. The van der Waals surface area contributed by atoms with Crippen molar-refractivity contribution in [3.63, 3.8) is 0 Å². The van der Waals surface area contributed by atoms with Crippen LogP contribution in [0.5, 0.6) is 5.75 Å². The molecule has 1 saturated heterocycles. The van der Waals surface area contributed by atoms with Gasteiger partial charge in [0, 0.05) is 28.8 Å². The first kappa shape index (κ1) is 18.2. The molecule has 2 aromatic carbocycles. The molecule has 1 heterocycles. The number of ether oxygens (including phenoxy) is 2. The number of hydrogen-bond donors (Lipinski definition) is 0. The van der Waals surface area contributed by atoms with Gasteiger partial charge < -0.3 is 14.4 Å². The predicted octanol–water partition coefficient (Wildman–Crippen LogP) is 4.12. The summed E-state index contributed by atoms with van der Waals surface area (Å²) in [5, 5.41) is 0. The van der Waals surface area contributed by atoms with Gasteiger partial charge in [-0.05, 0) is 71.3 Å². The maximum absolute atomic E-state index is 13.1. The first-order valence-electron chi connectivity index (χ1n) is 8.45. The minimum absolute atomic E-state index is 0.0387. The van der Waals surface area contributed by atoms with Gasteiger partial charge >= 0.3 is 0 Å². The van der Waals surface area contributed by atoms with Crippen LogP contribution in [0.2, 0.25) is 0 Å². The van der Waals surface area contributed by atoms with Crippen molar-refractivity contribution in [2.75, 3.05) is 20.3 Å². The Morgan fingerprint density at radius 3 is 2.84 bits per heavy atom. The normalized spacial score (nSPS) is 16.6. The van der Waals surface area contributed by atoms with Gasteiger partial charge in [0.15, 0.2) is 0 Å². The Labute approximate surface area is 162 Å². The molecule has 132 valence electrons. The van der Waals surface area contributed by atoms with Crippen LogP contribution in [-0.2, 0) is 11.3 Å². The Bertz CT molecular complexity index is 728. The highest BCUT2D eigenvalue weighted by molar-refractivity contribution is 14.1. The molecule has 1 fully saturated rings. The fourth-order valence-corrected chi connectivity index (χ4v) is 3.59. The third kappa shape index (κ3) is 4.95. The van der Waals surface area contributed by atoms with E-state index in [-0.39, 0.29) is 12.0 Å². The summed E-state index contributed by atoms with van der Waals surface area (Å²) in [7, 11) is 1.65. The van der Waals surface area contributed by atoms with Crippen LogP contribution in [0.25, 0.3) is 0 Å². The highest BCUT2D eigenvalue weighted by Crippen LogP contribution is 2.20. The molecule has 25 heavy (non-hydrogen) atoms. The molecule has 1 aliphatic heterocycles. The molecule has 0 saturated carbocycles. The molecule has 0 spiro atoms. The van der Waals surface area contributed by atoms with Gasteiger partial charge in [0.1, 0.15) is 5.75 Å². The Morgan fingerprint density at radius 1 is 1.28 bits per heavy atom. The van der Waals surface area contributed by atoms with Crippen LogP contribution in [0.15, 0.2) is 48.5 Å². The Morgan fingerprint density at radius 2 is 2.12 bits per heavy atom. The van der Waals surface area contributed by atoms with E-state index in [0.29, 0.717) is 18.7 Å². The Balaban J connectivity index is 1.81. The molecule has 5 heteroatoms. The molecule has 1 atom stereocenters. The average molecular weight is 451 g/mol. The second-order valence-electron chi connectivity index (χ2n) is 6.18. The number of nitrogens with zero attached hydrogens (tertiary/aromatic N) is 1. The fraction of sp³-hybridized carbons (Fsp3) is 0.350. The predicted molar refractivity (Wildman–Crippen MR) is 106 cm³/mol. The van der Waals surface area contributed by atoms with Gasteiger partial charge in [-0.1, -0.05) is 18.2 Å². The highest BCUT2D eigenvalue weighted by Gasteiger charge is 2.24. The summed E-state index contributed by atoms with van der Waals surface area (Å²) in [5.74, 6) is 0.841. The van der Waals surface area contributed by atoms with Gasteiger partial charge in [-0.2, -0.15) is 0 Å². The third-order valence-electron chi connectivity index (χ3n) is 4.31. The molecule has 3 rings (SSSR count). The summed E-state index contributed by atoms with van der Waals surface area (Å²) in [5.41, 5.74) is 1.77. The van der Waals surface area contributed by atoms with Crippen LogP contribution in [-0.4, -0.2) is 37.2 Å². The molecule has 1 unspecified atom stereocenters. The van der Waals surface area contributed by atoms with E-state index in [0.717, 1.165) is 34.3 Å². The van der Waals surface area contributed by atoms with Crippen LogP contribution < -0.4 is 4.74 Å². The van der Waals surface area contributed by atoms with E-state index >= 15 is 0 Å². The molecule has 2 aromatic rings. The van der Waals surface area contributed by atoms with Crippen molar-refractivity contribution in [2.24, 2.45) is 0 Å². The standard InChI is InChI=1S/C20H22INO3/c1-24-18-8-2-5-15(11-18)13-22(14-19-9-4-10-25-19)20(23)16-6-3-7-17(21)12-16/h2-3,5-8,11-12,19H,4,9-10,13-14H2,1H3. The molecule has 1 aliphatic rings. The maximum atomic E-state index is 13.1. The van der Waals surface area contributed by atoms with Gasteiger partial charge in [-0.3, -0.25) is 4.79 Å². The van der Waals surface area contributed by atoms with E-state index in [1.807, 2.05) is 53.4 Å². The van der Waals surface area contributed by atoms with E-state index in [1.54, 1.807) is 7.11 Å². The van der Waals surface area contributed by atoms with E-state index in [2.05, 4.69) is 22.6 Å². The number of carbonyl (C=O) groups is 1. The van der Waals surface area contributed by atoms with Crippen molar-refractivity contribution in [1.29, 1.82) is 0 Å². The number of rotatable bonds is 6. The molecular weight excluding hydrogens is 429 g/mol. The van der Waals surface area contributed by atoms with Crippen molar-refractivity contribution in [3.05, 3.63) is 63.2 Å². The lowest BCUT2D eigenvalue weighted by atomic mass is 10.1. The smallest absolute Gasteiger partial charge is 0.254 e. The van der Waals surface area contributed by atoms with Gasteiger partial charge in [-0.25, -0.2) is 0 Å². The van der Waals surface area contributed by atoms with Crippen molar-refractivity contribution in [1.82, 2.24) is 4.90 Å². The summed E-state index contributed by atoms with van der Waals surface area (Å²) >= 11 is 2.23. The quantitative estimate of drug-likeness (QED) is 0.621. The van der Waals surface area contributed by atoms with E-state index < -0.39 is 0 Å². The number of amides is 1. The van der Waals surface area contributed by atoms with Crippen LogP contribution in [0.4, 0.5) is 0 Å². The topological polar surface area (TPSA) is 38.8 Å². The van der Waals surface area contributed by atoms with Crippen LogP contribution in [0.3, 0.4) is 0 Å². The van der Waals surface area contributed by atoms with E-state index in [4.69, 9.17) is 9.47 Å². The van der Waals surface area contributed by atoms with Gasteiger partial charge in [0.2, 0.25) is 0 Å². The zero-order chi connectivity index (χ0) is 17.6. The summed E-state index contributed by atoms with van der Waals surface area (Å²) in [6, 6.07) is 15.6. The van der Waals surface area contributed by atoms with Crippen molar-refractivity contribution >= 4 is 28.5 Å². The lowest BCUT2D eigenvalue weighted by molar-refractivity contribution is 0.0507. The molecule has 0 N–H and O–H groups in total. The van der Waals surface area contributed by atoms with Crippen molar-refractivity contribution < 1.29 is 14.3 Å². The number of methoxy groups -OCH3 is 1. The van der Waals surface area contributed by atoms with Crippen molar-refractivity contribution in [2.45, 2.75) is 25.5 Å². The second-order valence-corrected chi connectivity index (χ2v) is 7.43. The Kier molecular flexibility index (Phi) is 6.31. The highest BCUT2D eigenvalue weighted by atomic mass is 127. The second kappa shape index (κ2) is 8.67. The number of halogens is 1. The zero-order valence-corrected chi connectivity index (χ0v) is 16.4. The van der Waals surface area contributed by atoms with E-state index in [9.17, 15) is 4.79 Å². The van der Waals surface area contributed by atoms with Crippen molar-refractivity contribution in [3.8, 4) is 5.75 Å². The van der Waals surface area contributed by atoms with Gasteiger partial charge in [0.05, 0.1) is 13.2 Å². The summed E-state index contributed by atoms with van der Waals surface area (Å²) < 4.78 is 12.1. The molecule has 0 radical (unpaired) electrons. The molecular formula is C20H22INO3. The lowest BCUT2D eigenvalue weighted by Crippen LogP contribution is -2.37. The molecule has 4 nitrogen and oxygen atoms in total. The minimum atomic E-state index is 0.0387. The SMILES string of the molecule is COc1cccc(CN(CC2CCCO2)C(=O)c2cccc(I)c2)c1. The van der Waals surface area contributed by atoms with Crippen LogP contribution >= 0.6 is 22.6 Å². The van der Waals surface area contributed by atoms with Crippen LogP contribution in [0.1, 0.15) is 28.8 Å². The molecule has 0 aromatic heterocycles. The number of benzene rings is 2. The molecule has 0 bridgehead atoms. The minimum Gasteiger partial charge on any atom is -0.497 e. The molecule has 0 aliphatic carbocycles. The third-order valence-corrected chi connectivity index (χ3v) is 4.99. The first-order valence-corrected chi connectivity index (χ1v) is 9.53.